The van der Waals surface area contributed by atoms with Crippen LogP contribution in [-0.2, 0) is 4.74 Å². The number of hydrogen-bond acceptors (Lipinski definition) is 6. The fourth-order valence-electron chi connectivity index (χ4n) is 1.63. The fourth-order valence-corrected chi connectivity index (χ4v) is 1.90. The first kappa shape index (κ1) is 14.0. The Morgan fingerprint density at radius 3 is 2.85 bits per heavy atom. The van der Waals surface area contributed by atoms with E-state index in [1.165, 1.54) is 12.1 Å². The van der Waals surface area contributed by atoms with E-state index in [2.05, 4.69) is 15.4 Å². The number of hydrogen-bond donors (Lipinski definition) is 2. The van der Waals surface area contributed by atoms with E-state index in [9.17, 15) is 9.59 Å². The lowest BCUT2D eigenvalue weighted by Gasteiger charge is -2.06. The highest BCUT2D eigenvalue weighted by atomic mass is 35.5. The average Bonchev–Trinajstić information content (AvgIpc) is 2.87. The Morgan fingerprint density at radius 1 is 1.45 bits per heavy atom. The van der Waals surface area contributed by atoms with Gasteiger partial charge in [0.1, 0.15) is 0 Å². The standard InChI is InChI=1S/C12H11ClN4O3/c1-2-20-12(19)10-9(15-17-16-10)11(18)8-6(13)4-3-5-7(8)14/h3-5H,2,14H2,1H3,(H,15,16,17). The van der Waals surface area contributed by atoms with Crippen molar-refractivity contribution < 1.29 is 14.3 Å². The predicted molar refractivity (Wildman–Crippen MR) is 71.6 cm³/mol. The summed E-state index contributed by atoms with van der Waals surface area (Å²) in [7, 11) is 0. The van der Waals surface area contributed by atoms with Crippen LogP contribution in [0.15, 0.2) is 18.2 Å². The summed E-state index contributed by atoms with van der Waals surface area (Å²) in [5.74, 6) is -1.31. The highest BCUT2D eigenvalue weighted by Gasteiger charge is 2.26. The van der Waals surface area contributed by atoms with E-state index in [1.54, 1.807) is 13.0 Å². The molecule has 8 heteroatoms. The van der Waals surface area contributed by atoms with E-state index >= 15 is 0 Å². The zero-order valence-corrected chi connectivity index (χ0v) is 11.3. The van der Waals surface area contributed by atoms with Gasteiger partial charge in [-0.3, -0.25) is 9.89 Å². The van der Waals surface area contributed by atoms with Crippen LogP contribution in [0, 0.1) is 0 Å². The third kappa shape index (κ3) is 2.48. The molecule has 1 aromatic carbocycles. The molecule has 0 fully saturated rings. The van der Waals surface area contributed by atoms with Gasteiger partial charge in [-0.25, -0.2) is 4.79 Å². The van der Waals surface area contributed by atoms with Crippen molar-refractivity contribution in [2.45, 2.75) is 6.92 Å². The summed E-state index contributed by atoms with van der Waals surface area (Å²) in [6, 6.07) is 4.67. The van der Waals surface area contributed by atoms with Crippen LogP contribution in [0.2, 0.25) is 5.02 Å². The van der Waals surface area contributed by atoms with Crippen molar-refractivity contribution >= 4 is 29.0 Å². The molecule has 0 aliphatic carbocycles. The van der Waals surface area contributed by atoms with Gasteiger partial charge in [-0.2, -0.15) is 0 Å². The number of benzene rings is 1. The second-order valence-electron chi connectivity index (χ2n) is 3.79. The molecule has 0 atom stereocenters. The summed E-state index contributed by atoms with van der Waals surface area (Å²) in [5.41, 5.74) is 5.70. The van der Waals surface area contributed by atoms with Crippen molar-refractivity contribution in [2.24, 2.45) is 0 Å². The van der Waals surface area contributed by atoms with E-state index < -0.39 is 11.8 Å². The van der Waals surface area contributed by atoms with Crippen LogP contribution in [0.25, 0.3) is 0 Å². The molecular formula is C12H11ClN4O3. The zero-order chi connectivity index (χ0) is 14.7. The number of halogens is 1. The van der Waals surface area contributed by atoms with E-state index in [0.717, 1.165) is 0 Å². The number of nitrogens with one attached hydrogen (secondary N) is 1. The number of nitrogen functional groups attached to an aromatic ring is 1. The molecule has 0 aliphatic rings. The Hall–Kier alpha value is -2.41. The normalized spacial score (nSPS) is 10.3. The second kappa shape index (κ2) is 5.70. The van der Waals surface area contributed by atoms with Gasteiger partial charge in [-0.1, -0.05) is 22.9 Å². The van der Waals surface area contributed by atoms with E-state index in [1.807, 2.05) is 0 Å². The maximum Gasteiger partial charge on any atom is 0.358 e. The maximum absolute atomic E-state index is 12.4. The first-order valence-corrected chi connectivity index (χ1v) is 6.11. The van der Waals surface area contributed by atoms with Crippen LogP contribution in [0.4, 0.5) is 5.69 Å². The summed E-state index contributed by atoms with van der Waals surface area (Å²) in [6.07, 6.45) is 0. The van der Waals surface area contributed by atoms with E-state index in [0.29, 0.717) is 0 Å². The van der Waals surface area contributed by atoms with E-state index in [4.69, 9.17) is 22.1 Å². The predicted octanol–water partition coefficient (Wildman–Crippen LogP) is 1.45. The number of nitrogens with zero attached hydrogens (tertiary/aromatic N) is 2. The first-order chi connectivity index (χ1) is 9.56. The second-order valence-corrected chi connectivity index (χ2v) is 4.20. The number of aromatic amines is 1. The molecule has 104 valence electrons. The lowest BCUT2D eigenvalue weighted by molar-refractivity contribution is 0.0516. The van der Waals surface area contributed by atoms with Crippen molar-refractivity contribution in [1.82, 2.24) is 15.4 Å². The molecule has 2 rings (SSSR count). The summed E-state index contributed by atoms with van der Waals surface area (Å²) < 4.78 is 4.81. The van der Waals surface area contributed by atoms with Gasteiger partial charge in [-0.15, -0.1) is 5.10 Å². The zero-order valence-electron chi connectivity index (χ0n) is 10.5. The molecule has 0 saturated heterocycles. The minimum absolute atomic E-state index is 0.0774. The summed E-state index contributed by atoms with van der Waals surface area (Å²) in [4.78, 5) is 24.1. The molecule has 1 aromatic heterocycles. The Bertz CT molecular complexity index is 648. The van der Waals surface area contributed by atoms with Crippen molar-refractivity contribution in [2.75, 3.05) is 12.3 Å². The quantitative estimate of drug-likeness (QED) is 0.501. The van der Waals surface area contributed by atoms with Gasteiger partial charge in [0.05, 0.1) is 17.2 Å². The molecule has 0 aliphatic heterocycles. The lowest BCUT2D eigenvalue weighted by Crippen LogP contribution is -2.14. The number of carbonyl (C=O) groups excluding carboxylic acids is 2. The maximum atomic E-state index is 12.4. The molecule has 1 heterocycles. The van der Waals surface area contributed by atoms with Crippen molar-refractivity contribution in [3.63, 3.8) is 0 Å². The molecule has 2 aromatic rings. The van der Waals surface area contributed by atoms with Gasteiger partial charge in [0.25, 0.3) is 0 Å². The van der Waals surface area contributed by atoms with Gasteiger partial charge >= 0.3 is 5.97 Å². The van der Waals surface area contributed by atoms with Crippen LogP contribution in [0.3, 0.4) is 0 Å². The number of ether oxygens (including phenoxy) is 1. The molecule has 7 nitrogen and oxygen atoms in total. The summed E-state index contributed by atoms with van der Waals surface area (Å²) >= 11 is 5.96. The van der Waals surface area contributed by atoms with Gasteiger partial charge in [-0.05, 0) is 19.1 Å². The monoisotopic (exact) mass is 294 g/mol. The number of H-pyrrole nitrogens is 1. The van der Waals surface area contributed by atoms with Gasteiger partial charge in [0.2, 0.25) is 5.78 Å². The molecule has 0 amide bonds. The third-order valence-electron chi connectivity index (χ3n) is 2.52. The average molecular weight is 295 g/mol. The molecule has 0 bridgehead atoms. The highest BCUT2D eigenvalue weighted by Crippen LogP contribution is 2.25. The summed E-state index contributed by atoms with van der Waals surface area (Å²) in [5, 5.41) is 9.57. The van der Waals surface area contributed by atoms with Gasteiger partial charge in [0.15, 0.2) is 11.4 Å². The molecule has 20 heavy (non-hydrogen) atoms. The SMILES string of the molecule is CCOC(=O)c1[nH]nnc1C(=O)c1c(N)cccc1Cl. The van der Waals surface area contributed by atoms with Crippen molar-refractivity contribution in [1.29, 1.82) is 0 Å². The number of rotatable bonds is 4. The minimum atomic E-state index is -0.716. The largest absolute Gasteiger partial charge is 0.461 e. The number of aromatic nitrogens is 3. The topological polar surface area (TPSA) is 111 Å². The molecule has 0 saturated carbocycles. The number of anilines is 1. The summed E-state index contributed by atoms with van der Waals surface area (Å²) in [6.45, 7) is 1.81. The molecule has 0 radical (unpaired) electrons. The lowest BCUT2D eigenvalue weighted by atomic mass is 10.0. The van der Waals surface area contributed by atoms with Crippen LogP contribution in [0.1, 0.15) is 33.5 Å². The Morgan fingerprint density at radius 2 is 2.20 bits per heavy atom. The molecule has 0 unspecified atom stereocenters. The van der Waals surface area contributed by atoms with Gasteiger partial charge in [0, 0.05) is 5.69 Å². The van der Waals surface area contributed by atoms with Gasteiger partial charge < -0.3 is 10.5 Å². The molecular weight excluding hydrogens is 284 g/mol. The Labute approximate surface area is 119 Å². The molecule has 0 spiro atoms. The fraction of sp³-hybridized carbons (Fsp3) is 0.167. The third-order valence-corrected chi connectivity index (χ3v) is 2.83. The number of esters is 1. The number of carbonyl (C=O) groups is 2. The van der Waals surface area contributed by atoms with Crippen LogP contribution in [-0.4, -0.2) is 33.8 Å². The Kier molecular flexibility index (Phi) is 3.99. The number of nitrogens with two attached hydrogens (primary N) is 1. The Balaban J connectivity index is 2.45. The van der Waals surface area contributed by atoms with Crippen LogP contribution in [0.5, 0.6) is 0 Å². The number of ketones is 1. The van der Waals surface area contributed by atoms with Crippen molar-refractivity contribution in [3.05, 3.63) is 40.2 Å². The van der Waals surface area contributed by atoms with E-state index in [-0.39, 0.29) is 34.3 Å². The van der Waals surface area contributed by atoms with Crippen LogP contribution < -0.4 is 5.73 Å². The molecule has 3 N–H and O–H groups in total. The minimum Gasteiger partial charge on any atom is -0.461 e. The first-order valence-electron chi connectivity index (χ1n) is 5.73. The highest BCUT2D eigenvalue weighted by molar-refractivity contribution is 6.36. The van der Waals surface area contributed by atoms with Crippen LogP contribution >= 0.6 is 11.6 Å². The smallest absolute Gasteiger partial charge is 0.358 e. The van der Waals surface area contributed by atoms with Crippen molar-refractivity contribution in [3.8, 4) is 0 Å².